The van der Waals surface area contributed by atoms with Gasteiger partial charge in [0.25, 0.3) is 0 Å². The molecule has 0 aromatic rings. The molecular formula is C17H27N3O4. The quantitative estimate of drug-likeness (QED) is 0.814. The van der Waals surface area contributed by atoms with E-state index in [9.17, 15) is 9.59 Å². The van der Waals surface area contributed by atoms with Gasteiger partial charge in [0.15, 0.2) is 5.79 Å². The number of hydrogen-bond donors (Lipinski definition) is 1. The van der Waals surface area contributed by atoms with Crippen molar-refractivity contribution in [3.63, 3.8) is 0 Å². The molecule has 1 spiro atoms. The molecule has 4 rings (SSSR count). The zero-order chi connectivity index (χ0) is 16.6. The van der Waals surface area contributed by atoms with Gasteiger partial charge in [0, 0.05) is 51.0 Å². The topological polar surface area (TPSA) is 71.1 Å². The Balaban J connectivity index is 1.23. The second kappa shape index (κ2) is 6.52. The molecular weight excluding hydrogens is 310 g/mol. The van der Waals surface area contributed by atoms with E-state index in [0.717, 1.165) is 38.5 Å². The Morgan fingerprint density at radius 1 is 0.875 bits per heavy atom. The molecule has 7 nitrogen and oxygen atoms in total. The molecule has 0 aromatic heterocycles. The van der Waals surface area contributed by atoms with E-state index in [2.05, 4.69) is 5.32 Å². The Labute approximate surface area is 142 Å². The van der Waals surface area contributed by atoms with E-state index in [4.69, 9.17) is 9.47 Å². The molecule has 3 amide bonds. The summed E-state index contributed by atoms with van der Waals surface area (Å²) in [5, 5.41) is 3.02. The van der Waals surface area contributed by atoms with Gasteiger partial charge in [-0.25, -0.2) is 4.79 Å². The summed E-state index contributed by atoms with van der Waals surface area (Å²) < 4.78 is 11.4. The van der Waals surface area contributed by atoms with E-state index >= 15 is 0 Å². The van der Waals surface area contributed by atoms with Gasteiger partial charge in [0.1, 0.15) is 0 Å². The maximum absolute atomic E-state index is 12.7. The van der Waals surface area contributed by atoms with Gasteiger partial charge in [-0.2, -0.15) is 0 Å². The molecule has 134 valence electrons. The minimum absolute atomic E-state index is 0.0406. The van der Waals surface area contributed by atoms with E-state index in [0.29, 0.717) is 45.4 Å². The molecule has 0 atom stereocenters. The van der Waals surface area contributed by atoms with Crippen LogP contribution in [-0.2, 0) is 14.3 Å². The minimum atomic E-state index is -0.430. The molecule has 7 heteroatoms. The largest absolute Gasteiger partial charge is 0.347 e. The summed E-state index contributed by atoms with van der Waals surface area (Å²) >= 11 is 0. The average molecular weight is 337 g/mol. The monoisotopic (exact) mass is 337 g/mol. The van der Waals surface area contributed by atoms with Crippen molar-refractivity contribution in [2.24, 2.45) is 5.92 Å². The van der Waals surface area contributed by atoms with Crippen LogP contribution in [0.2, 0.25) is 0 Å². The molecule has 0 bridgehead atoms. The summed E-state index contributed by atoms with van der Waals surface area (Å²) in [4.78, 5) is 28.6. The van der Waals surface area contributed by atoms with Crippen LogP contribution >= 0.6 is 0 Å². The SMILES string of the molecule is O=C(NC1CC1)N1CCC(C(=O)N2CCC3(CC2)OCCO3)CC1. The summed E-state index contributed by atoms with van der Waals surface area (Å²) in [6, 6.07) is 0.427. The van der Waals surface area contributed by atoms with Crippen LogP contribution in [0.15, 0.2) is 0 Å². The third-order valence-electron chi connectivity index (χ3n) is 5.69. The third-order valence-corrected chi connectivity index (χ3v) is 5.69. The Kier molecular flexibility index (Phi) is 4.39. The zero-order valence-corrected chi connectivity index (χ0v) is 14.2. The maximum atomic E-state index is 12.7. The number of carbonyl (C=O) groups excluding carboxylic acids is 2. The Morgan fingerprint density at radius 3 is 2.08 bits per heavy atom. The Morgan fingerprint density at radius 2 is 1.50 bits per heavy atom. The second-order valence-electron chi connectivity index (χ2n) is 7.42. The molecule has 4 fully saturated rings. The van der Waals surface area contributed by atoms with Crippen molar-refractivity contribution >= 4 is 11.9 Å². The average Bonchev–Trinajstić information content (AvgIpc) is 3.32. The van der Waals surface area contributed by atoms with Crippen LogP contribution in [-0.4, -0.2) is 73.0 Å². The summed E-state index contributed by atoms with van der Waals surface area (Å²) in [7, 11) is 0. The Bertz CT molecular complexity index is 484. The normalized spacial score (nSPS) is 27.5. The highest BCUT2D eigenvalue weighted by molar-refractivity contribution is 5.80. The lowest BCUT2D eigenvalue weighted by Crippen LogP contribution is -2.51. The number of nitrogens with zero attached hydrogens (tertiary/aromatic N) is 2. The lowest BCUT2D eigenvalue weighted by molar-refractivity contribution is -0.188. The van der Waals surface area contributed by atoms with E-state index in [1.54, 1.807) is 0 Å². The van der Waals surface area contributed by atoms with Crippen molar-refractivity contribution in [1.82, 2.24) is 15.1 Å². The molecule has 1 saturated carbocycles. The first kappa shape index (κ1) is 16.1. The van der Waals surface area contributed by atoms with Crippen LogP contribution in [0, 0.1) is 5.92 Å². The predicted molar refractivity (Wildman–Crippen MR) is 86.3 cm³/mol. The van der Waals surface area contributed by atoms with Crippen LogP contribution in [0.5, 0.6) is 0 Å². The number of ether oxygens (including phenoxy) is 2. The van der Waals surface area contributed by atoms with Crippen molar-refractivity contribution in [2.75, 3.05) is 39.4 Å². The van der Waals surface area contributed by atoms with Gasteiger partial charge in [0.2, 0.25) is 5.91 Å². The fraction of sp³-hybridized carbons (Fsp3) is 0.882. The van der Waals surface area contributed by atoms with Gasteiger partial charge < -0.3 is 24.6 Å². The summed E-state index contributed by atoms with van der Waals surface area (Å²) in [6.45, 7) is 4.10. The van der Waals surface area contributed by atoms with Gasteiger partial charge in [-0.05, 0) is 25.7 Å². The molecule has 0 unspecified atom stereocenters. The third kappa shape index (κ3) is 3.37. The van der Waals surface area contributed by atoms with E-state index < -0.39 is 5.79 Å². The fourth-order valence-electron chi connectivity index (χ4n) is 3.93. The molecule has 1 N–H and O–H groups in total. The number of likely N-dealkylation sites (tertiary alicyclic amines) is 2. The van der Waals surface area contributed by atoms with Crippen molar-refractivity contribution in [2.45, 2.75) is 50.4 Å². The second-order valence-corrected chi connectivity index (χ2v) is 7.42. The number of amides is 3. The van der Waals surface area contributed by atoms with Crippen molar-refractivity contribution in [1.29, 1.82) is 0 Å². The van der Waals surface area contributed by atoms with Gasteiger partial charge >= 0.3 is 6.03 Å². The molecule has 24 heavy (non-hydrogen) atoms. The maximum Gasteiger partial charge on any atom is 0.317 e. The standard InChI is InChI=1S/C17H27N3O4/c21-15(19-9-5-17(6-10-19)23-11-12-24-17)13-3-7-20(8-4-13)16(22)18-14-1-2-14/h13-14H,1-12H2,(H,18,22). The number of hydrogen-bond acceptors (Lipinski definition) is 4. The van der Waals surface area contributed by atoms with Gasteiger partial charge in [-0.3, -0.25) is 4.79 Å². The van der Waals surface area contributed by atoms with E-state index in [1.807, 2.05) is 9.80 Å². The number of rotatable bonds is 2. The molecule has 0 radical (unpaired) electrons. The molecule has 3 saturated heterocycles. The summed E-state index contributed by atoms with van der Waals surface area (Å²) in [5.74, 6) is -0.138. The van der Waals surface area contributed by atoms with Crippen molar-refractivity contribution in [3.8, 4) is 0 Å². The summed E-state index contributed by atoms with van der Waals surface area (Å²) in [6.07, 6.45) is 5.27. The van der Waals surface area contributed by atoms with Gasteiger partial charge in [0.05, 0.1) is 13.2 Å². The highest BCUT2D eigenvalue weighted by Crippen LogP contribution is 2.32. The van der Waals surface area contributed by atoms with Crippen LogP contribution in [0.25, 0.3) is 0 Å². The highest BCUT2D eigenvalue weighted by atomic mass is 16.7. The predicted octanol–water partition coefficient (Wildman–Crippen LogP) is 0.936. The molecule has 0 aromatic carbocycles. The molecule has 1 aliphatic carbocycles. The molecule has 3 heterocycles. The van der Waals surface area contributed by atoms with E-state index in [-0.39, 0.29) is 17.9 Å². The first-order valence-electron chi connectivity index (χ1n) is 9.27. The molecule has 3 aliphatic heterocycles. The van der Waals surface area contributed by atoms with Gasteiger partial charge in [-0.1, -0.05) is 0 Å². The summed E-state index contributed by atoms with van der Waals surface area (Å²) in [5.41, 5.74) is 0. The van der Waals surface area contributed by atoms with Crippen LogP contribution < -0.4 is 5.32 Å². The highest BCUT2D eigenvalue weighted by Gasteiger charge is 2.42. The zero-order valence-electron chi connectivity index (χ0n) is 14.2. The Hall–Kier alpha value is -1.34. The molecule has 4 aliphatic rings. The number of carbonyl (C=O) groups is 2. The lowest BCUT2D eigenvalue weighted by Gasteiger charge is -2.40. The van der Waals surface area contributed by atoms with Crippen molar-refractivity contribution < 1.29 is 19.1 Å². The van der Waals surface area contributed by atoms with Crippen LogP contribution in [0.3, 0.4) is 0 Å². The van der Waals surface area contributed by atoms with Crippen LogP contribution in [0.1, 0.15) is 38.5 Å². The number of nitrogens with one attached hydrogen (secondary N) is 1. The van der Waals surface area contributed by atoms with Crippen molar-refractivity contribution in [3.05, 3.63) is 0 Å². The van der Waals surface area contributed by atoms with Crippen LogP contribution in [0.4, 0.5) is 4.79 Å². The first-order chi connectivity index (χ1) is 11.7. The number of piperidine rings is 2. The first-order valence-corrected chi connectivity index (χ1v) is 9.27. The van der Waals surface area contributed by atoms with E-state index in [1.165, 1.54) is 0 Å². The minimum Gasteiger partial charge on any atom is -0.347 e. The fourth-order valence-corrected chi connectivity index (χ4v) is 3.93. The number of urea groups is 1. The lowest BCUT2D eigenvalue weighted by atomic mass is 9.93. The smallest absolute Gasteiger partial charge is 0.317 e. The van der Waals surface area contributed by atoms with Gasteiger partial charge in [-0.15, -0.1) is 0 Å².